The molecule has 0 fully saturated rings. The minimum atomic E-state index is -0.431. The van der Waals surface area contributed by atoms with Crippen molar-refractivity contribution in [3.05, 3.63) is 27.9 Å². The van der Waals surface area contributed by atoms with Crippen molar-refractivity contribution in [1.82, 2.24) is 4.98 Å². The molecule has 0 spiro atoms. The van der Waals surface area contributed by atoms with Gasteiger partial charge in [0, 0.05) is 17.9 Å². The molecule has 6 heteroatoms. The average Bonchev–Trinajstić information content (AvgIpc) is 2.30. The Bertz CT molecular complexity index is 398. The Hall–Kier alpha value is -1.30. The van der Waals surface area contributed by atoms with Gasteiger partial charge in [0.1, 0.15) is 12.0 Å². The quantitative estimate of drug-likeness (QED) is 0.625. The number of aromatic nitrogens is 1. The number of nitro groups is 1. The zero-order chi connectivity index (χ0) is 12.8. The van der Waals surface area contributed by atoms with Crippen LogP contribution in [0.1, 0.15) is 18.9 Å². The SMILES string of the molecule is CSC(C)CCNc1ncc([N+](=O)[O-])cc1C. The van der Waals surface area contributed by atoms with Crippen LogP contribution in [0.25, 0.3) is 0 Å². The number of anilines is 1. The molecule has 0 aliphatic heterocycles. The van der Waals surface area contributed by atoms with E-state index in [1.54, 1.807) is 0 Å². The predicted molar refractivity (Wildman–Crippen MR) is 71.7 cm³/mol. The van der Waals surface area contributed by atoms with Gasteiger partial charge in [0.15, 0.2) is 0 Å². The highest BCUT2D eigenvalue weighted by Crippen LogP contribution is 2.18. The van der Waals surface area contributed by atoms with E-state index in [4.69, 9.17) is 0 Å². The van der Waals surface area contributed by atoms with E-state index < -0.39 is 4.92 Å². The lowest BCUT2D eigenvalue weighted by atomic mass is 10.2. The molecular formula is C11H17N3O2S. The topological polar surface area (TPSA) is 68.1 Å². The average molecular weight is 255 g/mol. The molecule has 0 saturated heterocycles. The van der Waals surface area contributed by atoms with Crippen LogP contribution in [0.3, 0.4) is 0 Å². The molecule has 5 nitrogen and oxygen atoms in total. The molecule has 0 amide bonds. The van der Waals surface area contributed by atoms with Crippen molar-refractivity contribution in [2.45, 2.75) is 25.5 Å². The van der Waals surface area contributed by atoms with Gasteiger partial charge in [-0.05, 0) is 25.2 Å². The Labute approximate surface area is 105 Å². The third-order valence-electron chi connectivity index (χ3n) is 2.52. The summed E-state index contributed by atoms with van der Waals surface area (Å²) in [6, 6.07) is 1.54. The molecule has 0 aromatic carbocycles. The Balaban J connectivity index is 2.57. The lowest BCUT2D eigenvalue weighted by Gasteiger charge is -2.10. The first-order valence-electron chi connectivity index (χ1n) is 5.42. The molecule has 0 aliphatic rings. The van der Waals surface area contributed by atoms with Gasteiger partial charge in [-0.1, -0.05) is 6.92 Å². The summed E-state index contributed by atoms with van der Waals surface area (Å²) in [4.78, 5) is 14.2. The minimum absolute atomic E-state index is 0.0329. The highest BCUT2D eigenvalue weighted by molar-refractivity contribution is 7.99. The molecule has 0 bridgehead atoms. The second-order valence-corrected chi connectivity index (χ2v) is 5.15. The smallest absolute Gasteiger partial charge is 0.287 e. The molecule has 0 radical (unpaired) electrons. The maximum absolute atomic E-state index is 10.5. The van der Waals surface area contributed by atoms with E-state index >= 15 is 0 Å². The predicted octanol–water partition coefficient (Wildman–Crippen LogP) is 2.85. The van der Waals surface area contributed by atoms with E-state index in [2.05, 4.69) is 23.5 Å². The van der Waals surface area contributed by atoms with Crippen LogP contribution >= 0.6 is 11.8 Å². The van der Waals surface area contributed by atoms with Gasteiger partial charge in [-0.2, -0.15) is 11.8 Å². The van der Waals surface area contributed by atoms with Gasteiger partial charge in [-0.15, -0.1) is 0 Å². The Morgan fingerprint density at radius 1 is 1.65 bits per heavy atom. The van der Waals surface area contributed by atoms with E-state index in [0.29, 0.717) is 5.25 Å². The molecule has 1 heterocycles. The van der Waals surface area contributed by atoms with Gasteiger partial charge in [-0.25, -0.2) is 4.98 Å². The van der Waals surface area contributed by atoms with E-state index in [-0.39, 0.29) is 5.69 Å². The molecule has 1 N–H and O–H groups in total. The fourth-order valence-electron chi connectivity index (χ4n) is 1.36. The van der Waals surface area contributed by atoms with Crippen LogP contribution in [0.4, 0.5) is 11.5 Å². The van der Waals surface area contributed by atoms with E-state index in [0.717, 1.165) is 24.3 Å². The Kier molecular flexibility index (Phi) is 5.21. The summed E-state index contributed by atoms with van der Waals surface area (Å²) in [6.45, 7) is 4.82. The minimum Gasteiger partial charge on any atom is -0.370 e. The number of pyridine rings is 1. The van der Waals surface area contributed by atoms with Gasteiger partial charge in [0.25, 0.3) is 5.69 Å². The highest BCUT2D eigenvalue weighted by Gasteiger charge is 2.09. The third-order valence-corrected chi connectivity index (χ3v) is 3.56. The van der Waals surface area contributed by atoms with Crippen molar-refractivity contribution in [3.8, 4) is 0 Å². The standard InChI is InChI=1S/C11H17N3O2S/c1-8-6-10(14(15)16)7-13-11(8)12-5-4-9(2)17-3/h6-7,9H,4-5H2,1-3H3,(H,12,13). The number of thioether (sulfide) groups is 1. The van der Waals surface area contributed by atoms with Crippen molar-refractivity contribution < 1.29 is 4.92 Å². The van der Waals surface area contributed by atoms with Crippen molar-refractivity contribution in [3.63, 3.8) is 0 Å². The molecule has 0 saturated carbocycles. The lowest BCUT2D eigenvalue weighted by molar-refractivity contribution is -0.385. The molecule has 94 valence electrons. The lowest BCUT2D eigenvalue weighted by Crippen LogP contribution is -2.09. The van der Waals surface area contributed by atoms with Gasteiger partial charge >= 0.3 is 0 Å². The van der Waals surface area contributed by atoms with Crippen LogP contribution in [0.15, 0.2) is 12.3 Å². The number of hydrogen-bond donors (Lipinski definition) is 1. The first-order valence-corrected chi connectivity index (χ1v) is 6.71. The summed E-state index contributed by atoms with van der Waals surface area (Å²) in [6.07, 6.45) is 4.41. The largest absolute Gasteiger partial charge is 0.370 e. The molecule has 1 unspecified atom stereocenters. The Morgan fingerprint density at radius 3 is 2.88 bits per heavy atom. The van der Waals surface area contributed by atoms with Gasteiger partial charge in [-0.3, -0.25) is 10.1 Å². The number of nitrogens with zero attached hydrogens (tertiary/aromatic N) is 2. The molecule has 1 rings (SSSR count). The fraction of sp³-hybridized carbons (Fsp3) is 0.545. The van der Waals surface area contributed by atoms with Crippen molar-refractivity contribution in [2.75, 3.05) is 18.1 Å². The van der Waals surface area contributed by atoms with Crippen molar-refractivity contribution in [1.29, 1.82) is 0 Å². The number of rotatable bonds is 6. The van der Waals surface area contributed by atoms with Crippen LogP contribution in [0.5, 0.6) is 0 Å². The summed E-state index contributed by atoms with van der Waals surface area (Å²) in [5.41, 5.74) is 0.835. The zero-order valence-electron chi connectivity index (χ0n) is 10.3. The van der Waals surface area contributed by atoms with Gasteiger partial charge in [0.2, 0.25) is 0 Å². The maximum atomic E-state index is 10.5. The maximum Gasteiger partial charge on any atom is 0.287 e. The first kappa shape index (κ1) is 13.8. The summed E-state index contributed by atoms with van der Waals surface area (Å²) in [5.74, 6) is 0.726. The Morgan fingerprint density at radius 2 is 2.35 bits per heavy atom. The van der Waals surface area contributed by atoms with Crippen LogP contribution in [0.2, 0.25) is 0 Å². The summed E-state index contributed by atoms with van der Waals surface area (Å²) >= 11 is 1.82. The second kappa shape index (κ2) is 6.44. The normalized spacial score (nSPS) is 12.2. The summed E-state index contributed by atoms with van der Waals surface area (Å²) < 4.78 is 0. The van der Waals surface area contributed by atoms with Crippen LogP contribution < -0.4 is 5.32 Å². The van der Waals surface area contributed by atoms with Gasteiger partial charge in [0.05, 0.1) is 4.92 Å². The molecule has 1 aromatic rings. The molecule has 0 aliphatic carbocycles. The van der Waals surface area contributed by atoms with E-state index in [1.165, 1.54) is 12.3 Å². The molecular weight excluding hydrogens is 238 g/mol. The summed E-state index contributed by atoms with van der Waals surface area (Å²) in [7, 11) is 0. The number of nitrogens with one attached hydrogen (secondary N) is 1. The number of hydrogen-bond acceptors (Lipinski definition) is 5. The monoisotopic (exact) mass is 255 g/mol. The molecule has 1 atom stereocenters. The molecule has 1 aromatic heterocycles. The van der Waals surface area contributed by atoms with E-state index in [1.807, 2.05) is 18.7 Å². The van der Waals surface area contributed by atoms with Crippen LogP contribution in [0, 0.1) is 17.0 Å². The second-order valence-electron chi connectivity index (χ2n) is 3.88. The third kappa shape index (κ3) is 4.22. The zero-order valence-corrected chi connectivity index (χ0v) is 11.1. The van der Waals surface area contributed by atoms with Crippen LogP contribution in [-0.2, 0) is 0 Å². The van der Waals surface area contributed by atoms with E-state index in [9.17, 15) is 10.1 Å². The summed E-state index contributed by atoms with van der Waals surface area (Å²) in [5, 5.41) is 14.3. The van der Waals surface area contributed by atoms with Crippen molar-refractivity contribution in [2.24, 2.45) is 0 Å². The van der Waals surface area contributed by atoms with Crippen molar-refractivity contribution >= 4 is 23.3 Å². The first-order chi connectivity index (χ1) is 8.04. The van der Waals surface area contributed by atoms with Gasteiger partial charge < -0.3 is 5.32 Å². The van der Waals surface area contributed by atoms with Crippen LogP contribution in [-0.4, -0.2) is 28.0 Å². The highest BCUT2D eigenvalue weighted by atomic mass is 32.2. The number of aryl methyl sites for hydroxylation is 1. The molecule has 17 heavy (non-hydrogen) atoms. The fourth-order valence-corrected chi connectivity index (χ4v) is 1.71.